The molecule has 2 aromatic rings. The number of aliphatic hydroxyl groups is 3. The molecule has 28 heteroatoms. The summed E-state index contributed by atoms with van der Waals surface area (Å²) in [5.74, 6) is 0.632. The maximum absolute atomic E-state index is 12.6. The third kappa shape index (κ3) is 7.93. The number of aliphatic hydroxyl groups excluding tert-OH is 3. The minimum absolute atomic E-state index is 0.119. The monoisotopic (exact) mass is 787 g/mol. The van der Waals surface area contributed by atoms with Crippen LogP contribution in [0.15, 0.2) is 27.6 Å². The quantitative estimate of drug-likeness (QED) is 0.107. The number of fused-ring (bicyclic) bond motifs is 1. The average Bonchev–Trinajstić information content (AvgIpc) is 3.74. The Kier molecular flexibility index (Phi) is 10.3. The number of nitrogens with zero attached hydrogens (tertiary/aromatic N) is 6. The zero-order valence-electron chi connectivity index (χ0n) is 26.9. The fourth-order valence-corrected chi connectivity index (χ4v) is 9.66. The molecule has 0 aromatic carbocycles. The van der Waals surface area contributed by atoms with E-state index in [1.54, 1.807) is 18.9 Å². The van der Waals surface area contributed by atoms with E-state index >= 15 is 0 Å². The van der Waals surface area contributed by atoms with Gasteiger partial charge < -0.3 is 60.3 Å². The molecule has 51 heavy (non-hydrogen) atoms. The number of ether oxygens (including phenoxy) is 2. The Morgan fingerprint density at radius 2 is 1.69 bits per heavy atom. The van der Waals surface area contributed by atoms with Crippen molar-refractivity contribution in [2.24, 2.45) is 10.9 Å². The molecule has 4 aliphatic heterocycles. The van der Waals surface area contributed by atoms with Crippen molar-refractivity contribution in [3.05, 3.63) is 28.2 Å². The molecule has 6 rings (SSSR count). The summed E-state index contributed by atoms with van der Waals surface area (Å²) in [6, 6.07) is 0. The predicted molar refractivity (Wildman–Crippen MR) is 168 cm³/mol. The van der Waals surface area contributed by atoms with Crippen molar-refractivity contribution in [3.63, 3.8) is 0 Å². The van der Waals surface area contributed by atoms with E-state index in [-0.39, 0.29) is 23.0 Å². The van der Waals surface area contributed by atoms with Gasteiger partial charge in [-0.05, 0) is 13.3 Å². The Balaban J connectivity index is 1.01. The summed E-state index contributed by atoms with van der Waals surface area (Å²) in [5, 5.41) is 34.5. The molecule has 0 aliphatic carbocycles. The number of aliphatic imine (C=N–C) groups is 1. The van der Waals surface area contributed by atoms with Crippen molar-refractivity contribution in [3.8, 4) is 0 Å². The molecule has 0 bridgehead atoms. The molecule has 25 nitrogen and oxygen atoms in total. The van der Waals surface area contributed by atoms with E-state index in [9.17, 15) is 48.5 Å². The molecule has 0 spiro atoms. The number of likely N-dealkylation sites (N-methyl/N-ethyl adjacent to an activating group) is 1. The number of nitrogens with two attached hydrogens (primary N) is 1. The van der Waals surface area contributed by atoms with Crippen LogP contribution < -0.4 is 16.6 Å². The van der Waals surface area contributed by atoms with Gasteiger partial charge in [-0.3, -0.25) is 23.4 Å². The van der Waals surface area contributed by atoms with Gasteiger partial charge in [0.1, 0.15) is 41.9 Å². The molecule has 284 valence electrons. The summed E-state index contributed by atoms with van der Waals surface area (Å²) in [7, 11) is -15.1. The van der Waals surface area contributed by atoms with Crippen LogP contribution in [0.2, 0.25) is 0 Å². The lowest BCUT2D eigenvalue weighted by Gasteiger charge is -2.32. The average molecular weight is 788 g/mol. The first-order valence-corrected chi connectivity index (χ1v) is 19.5. The van der Waals surface area contributed by atoms with Crippen LogP contribution in [-0.2, 0) is 40.8 Å². The van der Waals surface area contributed by atoms with Crippen LogP contribution in [0.4, 0.5) is 5.95 Å². The number of hydrogen-bond acceptors (Lipinski definition) is 20. The van der Waals surface area contributed by atoms with Crippen LogP contribution in [0.1, 0.15) is 26.5 Å². The standard InChI is InChI=1S/C23H36N9O16P3/c1-9-4-11(45-21(9)32-8-30(3)14-18(32)26-10(2)27-20(14)36)5-43-49(37,38)47-51(41,42)48-50(39,40)44-6-12-15(33)16(34)22(46-12)31-7-25-13-17(31)28-23(24)29-19(13)35/h7,9,11-12,15-16,20-22,33-34,36H,4-6,8H2,1-3H3,(H,26,27)(H,37,38)(H,39,40)(H,41,42)(H3,24,28,29,35)/t9?,11-,12+,15?,16?,20?,21+,22+/m0/s1. The summed E-state index contributed by atoms with van der Waals surface area (Å²) in [4.78, 5) is 60.0. The second kappa shape index (κ2) is 13.9. The highest BCUT2D eigenvalue weighted by atomic mass is 31.3. The molecule has 6 heterocycles. The van der Waals surface area contributed by atoms with E-state index in [0.717, 1.165) is 10.9 Å². The Bertz CT molecular complexity index is 1940. The molecule has 10 N–H and O–H groups in total. The zero-order valence-corrected chi connectivity index (χ0v) is 29.6. The van der Waals surface area contributed by atoms with E-state index in [1.165, 1.54) is 0 Å². The number of nitrogen functional groups attached to an aromatic ring is 1. The molecule has 2 saturated heterocycles. The molecular weight excluding hydrogens is 751 g/mol. The minimum Gasteiger partial charge on any atom is -0.387 e. The highest BCUT2D eigenvalue weighted by Crippen LogP contribution is 2.67. The number of aromatic nitrogens is 4. The van der Waals surface area contributed by atoms with E-state index in [2.05, 4.69) is 38.4 Å². The van der Waals surface area contributed by atoms with Crippen LogP contribution in [0.5, 0.6) is 0 Å². The van der Waals surface area contributed by atoms with Crippen LogP contribution >= 0.6 is 23.5 Å². The lowest BCUT2D eigenvalue weighted by atomic mass is 10.1. The smallest absolute Gasteiger partial charge is 0.387 e. The third-order valence-electron chi connectivity index (χ3n) is 8.23. The molecule has 2 aromatic heterocycles. The molecule has 0 radical (unpaired) electrons. The number of imidazole rings is 1. The molecule has 2 fully saturated rings. The first kappa shape index (κ1) is 37.9. The van der Waals surface area contributed by atoms with Crippen LogP contribution in [0.25, 0.3) is 11.2 Å². The van der Waals surface area contributed by atoms with Crippen molar-refractivity contribution in [2.75, 3.05) is 32.7 Å². The number of anilines is 1. The van der Waals surface area contributed by atoms with Crippen molar-refractivity contribution in [2.45, 2.75) is 63.4 Å². The summed E-state index contributed by atoms with van der Waals surface area (Å²) in [6.45, 7) is 2.25. The van der Waals surface area contributed by atoms with Gasteiger partial charge in [-0.2, -0.15) is 13.6 Å². The van der Waals surface area contributed by atoms with Gasteiger partial charge in [-0.1, -0.05) is 6.92 Å². The Hall–Kier alpha value is -2.83. The predicted octanol–water partition coefficient (Wildman–Crippen LogP) is -1.85. The molecular formula is C23H36N9O16P3. The second-order valence-electron chi connectivity index (χ2n) is 12.1. The van der Waals surface area contributed by atoms with Crippen LogP contribution in [-0.4, -0.2) is 129 Å². The number of rotatable bonds is 12. The van der Waals surface area contributed by atoms with Gasteiger partial charge in [0.25, 0.3) is 5.56 Å². The molecule has 4 aliphatic rings. The Morgan fingerprint density at radius 3 is 2.37 bits per heavy atom. The van der Waals surface area contributed by atoms with Crippen molar-refractivity contribution in [1.29, 1.82) is 0 Å². The summed E-state index contributed by atoms with van der Waals surface area (Å²) < 4.78 is 67.9. The van der Waals surface area contributed by atoms with E-state index in [1.807, 2.05) is 11.8 Å². The van der Waals surface area contributed by atoms with E-state index in [4.69, 9.17) is 19.7 Å². The largest absolute Gasteiger partial charge is 0.490 e. The van der Waals surface area contributed by atoms with Gasteiger partial charge in [0.2, 0.25) is 5.95 Å². The molecule has 0 saturated carbocycles. The van der Waals surface area contributed by atoms with E-state index < -0.39 is 85.3 Å². The topological polar surface area (TPSA) is 348 Å². The molecule has 7 unspecified atom stereocenters. The van der Waals surface area contributed by atoms with Gasteiger partial charge in [0.15, 0.2) is 23.6 Å². The van der Waals surface area contributed by atoms with Gasteiger partial charge in [0.05, 0.1) is 32.3 Å². The number of amidine groups is 1. The zero-order chi connectivity index (χ0) is 37.2. The first-order valence-electron chi connectivity index (χ1n) is 15.0. The van der Waals surface area contributed by atoms with Crippen molar-refractivity contribution >= 4 is 46.4 Å². The molecule has 0 amide bonds. The summed E-state index contributed by atoms with van der Waals surface area (Å²) in [6.07, 6.45) is -7.56. The van der Waals surface area contributed by atoms with Gasteiger partial charge in [-0.25, -0.2) is 23.7 Å². The fraction of sp³-hybridized carbons (Fsp3) is 0.652. The van der Waals surface area contributed by atoms with Crippen molar-refractivity contribution in [1.82, 2.24) is 34.6 Å². The Labute approximate surface area is 287 Å². The van der Waals surface area contributed by atoms with E-state index in [0.29, 0.717) is 30.4 Å². The van der Waals surface area contributed by atoms with Crippen LogP contribution in [0, 0.1) is 5.92 Å². The number of aromatic amines is 1. The van der Waals surface area contributed by atoms with Crippen LogP contribution in [0.3, 0.4) is 0 Å². The number of nitrogens with one attached hydrogen (secondary N) is 2. The highest BCUT2D eigenvalue weighted by molar-refractivity contribution is 7.66. The maximum Gasteiger partial charge on any atom is 0.490 e. The van der Waals surface area contributed by atoms with Gasteiger partial charge in [0, 0.05) is 13.0 Å². The lowest BCUT2D eigenvalue weighted by molar-refractivity contribution is -0.0691. The van der Waals surface area contributed by atoms with Crippen molar-refractivity contribution < 1.29 is 70.8 Å². The SMILES string of the molecule is CC1=NC(O)C2=C(N1)N([C@@H]1O[C@H](COP(=O)(O)OP(=O)(O)OP(=O)(O)OC[C@H]3O[C@@H](n4cnc5c(=O)[nH]c(N)nc54)C(O)C3O)CC1C)CN2C. The maximum atomic E-state index is 12.6. The summed E-state index contributed by atoms with van der Waals surface area (Å²) >= 11 is 0. The highest BCUT2D eigenvalue weighted by Gasteiger charge is 2.48. The second-order valence-corrected chi connectivity index (χ2v) is 16.7. The minimum atomic E-state index is -5.85. The van der Waals surface area contributed by atoms with Gasteiger partial charge >= 0.3 is 23.5 Å². The number of hydrogen-bond donors (Lipinski definition) is 9. The lowest BCUT2D eigenvalue weighted by Crippen LogP contribution is -2.43. The normalized spacial score (nSPS) is 33.2. The first-order chi connectivity index (χ1) is 23.7. The van der Waals surface area contributed by atoms with Gasteiger partial charge in [-0.15, -0.1) is 0 Å². The fourth-order valence-electron chi connectivity index (χ4n) is 6.11. The number of phosphoric ester groups is 2. The summed E-state index contributed by atoms with van der Waals surface area (Å²) in [5.41, 5.74) is 5.11. The number of phosphoric acid groups is 3. The molecule has 11 atom stereocenters. The Morgan fingerprint density at radius 1 is 1.02 bits per heavy atom. The number of H-pyrrole nitrogens is 1. The third-order valence-corrected chi connectivity index (χ3v) is 12.5.